The Hall–Kier alpha value is -0.520. The third-order valence-electron chi connectivity index (χ3n) is 1.35. The van der Waals surface area contributed by atoms with Gasteiger partial charge in [0, 0.05) is 6.54 Å². The van der Waals surface area contributed by atoms with Crippen molar-refractivity contribution in [3.63, 3.8) is 0 Å². The summed E-state index contributed by atoms with van der Waals surface area (Å²) in [4.78, 5) is 2.06. The van der Waals surface area contributed by atoms with Crippen molar-refractivity contribution in [3.05, 3.63) is 0 Å². The zero-order valence-corrected chi connectivity index (χ0v) is 7.85. The van der Waals surface area contributed by atoms with Crippen LogP contribution in [0.1, 0.15) is 13.8 Å². The summed E-state index contributed by atoms with van der Waals surface area (Å²) in [6, 6.07) is 0. The Kier molecular flexibility index (Phi) is 4.17. The van der Waals surface area contributed by atoms with E-state index in [9.17, 15) is 0 Å². The van der Waals surface area contributed by atoms with Gasteiger partial charge >= 0.3 is 0 Å². The van der Waals surface area contributed by atoms with Crippen LogP contribution in [0.2, 0.25) is 0 Å². The molecule has 0 unspecified atom stereocenters. The van der Waals surface area contributed by atoms with Gasteiger partial charge < -0.3 is 9.64 Å². The van der Waals surface area contributed by atoms with E-state index in [0.29, 0.717) is 6.61 Å². The first-order valence-corrected chi connectivity index (χ1v) is 3.74. The summed E-state index contributed by atoms with van der Waals surface area (Å²) in [7, 11) is 4.01. The average molecular weight is 155 g/mol. The molecule has 2 nitrogen and oxygen atoms in total. The van der Waals surface area contributed by atoms with Gasteiger partial charge in [0.05, 0.1) is 6.61 Å². The summed E-state index contributed by atoms with van der Waals surface area (Å²) >= 11 is 0. The third kappa shape index (κ3) is 5.90. The largest absolute Gasteiger partial charge is 0.362 e. The Morgan fingerprint density at radius 3 is 2.36 bits per heavy atom. The highest BCUT2D eigenvalue weighted by molar-refractivity contribution is 5.02. The molecule has 64 valence electrons. The molecule has 11 heavy (non-hydrogen) atoms. The van der Waals surface area contributed by atoms with Crippen LogP contribution in [0.25, 0.3) is 0 Å². The lowest BCUT2D eigenvalue weighted by atomic mass is 10.1. The van der Waals surface area contributed by atoms with E-state index in [1.54, 1.807) is 0 Å². The second-order valence-corrected chi connectivity index (χ2v) is 3.31. The fourth-order valence-corrected chi connectivity index (χ4v) is 0.525. The molecule has 0 aromatic carbocycles. The predicted octanol–water partition coefficient (Wildman–Crippen LogP) is 0.976. The van der Waals surface area contributed by atoms with Crippen molar-refractivity contribution in [3.8, 4) is 12.3 Å². The maximum absolute atomic E-state index is 5.41. The first-order valence-electron chi connectivity index (χ1n) is 3.74. The first-order chi connectivity index (χ1) is 4.98. The summed E-state index contributed by atoms with van der Waals surface area (Å²) in [5.41, 5.74) is -0.421. The minimum Gasteiger partial charge on any atom is -0.362 e. The van der Waals surface area contributed by atoms with E-state index in [-0.39, 0.29) is 0 Å². The minimum absolute atomic E-state index is 0.421. The van der Waals surface area contributed by atoms with E-state index >= 15 is 0 Å². The minimum atomic E-state index is -0.421. The number of nitrogens with zero attached hydrogens (tertiary/aromatic N) is 1. The van der Waals surface area contributed by atoms with Gasteiger partial charge in [0.1, 0.15) is 5.60 Å². The van der Waals surface area contributed by atoms with Crippen LogP contribution in [-0.4, -0.2) is 37.7 Å². The maximum atomic E-state index is 5.41. The summed E-state index contributed by atoms with van der Waals surface area (Å²) in [6.45, 7) is 5.38. The van der Waals surface area contributed by atoms with Crippen molar-refractivity contribution in [2.45, 2.75) is 19.4 Å². The fraction of sp³-hybridized carbons (Fsp3) is 0.778. The molecule has 2 heteroatoms. The number of terminal acetylenes is 1. The molecule has 0 saturated carbocycles. The Morgan fingerprint density at radius 2 is 2.00 bits per heavy atom. The van der Waals surface area contributed by atoms with Gasteiger partial charge in [-0.2, -0.15) is 0 Å². The van der Waals surface area contributed by atoms with Gasteiger partial charge in [-0.25, -0.2) is 0 Å². The summed E-state index contributed by atoms with van der Waals surface area (Å²) in [6.07, 6.45) is 5.23. The fourth-order valence-electron chi connectivity index (χ4n) is 0.525. The highest BCUT2D eigenvalue weighted by Crippen LogP contribution is 2.05. The van der Waals surface area contributed by atoms with Crippen molar-refractivity contribution >= 4 is 0 Å². The number of rotatable bonds is 4. The molecule has 0 atom stereocenters. The molecule has 0 aromatic rings. The SMILES string of the molecule is C#CC(C)(C)OCCN(C)C. The van der Waals surface area contributed by atoms with Crippen molar-refractivity contribution in [1.29, 1.82) is 0 Å². The summed E-state index contributed by atoms with van der Waals surface area (Å²) in [5.74, 6) is 2.57. The molecule has 0 N–H and O–H groups in total. The molecular weight excluding hydrogens is 138 g/mol. The van der Waals surface area contributed by atoms with Gasteiger partial charge in [0.25, 0.3) is 0 Å². The van der Waals surface area contributed by atoms with E-state index < -0.39 is 5.60 Å². The van der Waals surface area contributed by atoms with Crippen LogP contribution in [0.5, 0.6) is 0 Å². The standard InChI is InChI=1S/C9H17NO/c1-6-9(2,3)11-8-7-10(4)5/h1H,7-8H2,2-5H3. The van der Waals surface area contributed by atoms with Crippen molar-refractivity contribution in [2.24, 2.45) is 0 Å². The maximum Gasteiger partial charge on any atom is 0.122 e. The molecule has 0 spiro atoms. The number of likely N-dealkylation sites (N-methyl/N-ethyl adjacent to an activating group) is 1. The van der Waals surface area contributed by atoms with Crippen LogP contribution in [-0.2, 0) is 4.74 Å². The summed E-state index contributed by atoms with van der Waals surface area (Å²) in [5, 5.41) is 0. The molecule has 0 amide bonds. The van der Waals surface area contributed by atoms with Crippen molar-refractivity contribution < 1.29 is 4.74 Å². The van der Waals surface area contributed by atoms with Gasteiger partial charge in [-0.05, 0) is 27.9 Å². The van der Waals surface area contributed by atoms with Crippen LogP contribution in [0.4, 0.5) is 0 Å². The molecule has 0 aromatic heterocycles. The van der Waals surface area contributed by atoms with Gasteiger partial charge in [-0.1, -0.05) is 5.92 Å². The predicted molar refractivity (Wildman–Crippen MR) is 47.4 cm³/mol. The zero-order valence-electron chi connectivity index (χ0n) is 7.85. The molecule has 0 bridgehead atoms. The Morgan fingerprint density at radius 1 is 1.45 bits per heavy atom. The van der Waals surface area contributed by atoms with Crippen LogP contribution in [0.3, 0.4) is 0 Å². The van der Waals surface area contributed by atoms with Crippen molar-refractivity contribution in [2.75, 3.05) is 27.2 Å². The second-order valence-electron chi connectivity index (χ2n) is 3.31. The van der Waals surface area contributed by atoms with Crippen molar-refractivity contribution in [1.82, 2.24) is 4.90 Å². The third-order valence-corrected chi connectivity index (χ3v) is 1.35. The lowest BCUT2D eigenvalue weighted by molar-refractivity contribution is 0.0196. The van der Waals surface area contributed by atoms with E-state index in [0.717, 1.165) is 6.54 Å². The average Bonchev–Trinajstić information content (AvgIpc) is 1.87. The quantitative estimate of drug-likeness (QED) is 0.561. The molecule has 0 aliphatic rings. The van der Waals surface area contributed by atoms with Crippen LogP contribution >= 0.6 is 0 Å². The van der Waals surface area contributed by atoms with Gasteiger partial charge in [-0.3, -0.25) is 0 Å². The molecule has 0 aliphatic heterocycles. The Bertz CT molecular complexity index is 144. The number of hydrogen-bond acceptors (Lipinski definition) is 2. The Balaban J connectivity index is 3.48. The summed E-state index contributed by atoms with van der Waals surface area (Å²) < 4.78 is 5.41. The van der Waals surface area contributed by atoms with Crippen LogP contribution < -0.4 is 0 Å². The Labute approximate surface area is 69.5 Å². The molecule has 0 rings (SSSR count). The first kappa shape index (κ1) is 10.5. The van der Waals surface area contributed by atoms with E-state index in [2.05, 4.69) is 10.8 Å². The normalized spacial score (nSPS) is 11.6. The van der Waals surface area contributed by atoms with Gasteiger partial charge in [-0.15, -0.1) is 6.42 Å². The monoisotopic (exact) mass is 155 g/mol. The topological polar surface area (TPSA) is 12.5 Å². The number of ether oxygens (including phenoxy) is 1. The molecule has 0 saturated heterocycles. The molecule has 0 heterocycles. The smallest absolute Gasteiger partial charge is 0.122 e. The second kappa shape index (κ2) is 4.38. The molecule has 0 fully saturated rings. The lowest BCUT2D eigenvalue weighted by Crippen LogP contribution is -2.27. The highest BCUT2D eigenvalue weighted by Gasteiger charge is 2.12. The van der Waals surface area contributed by atoms with Crippen LogP contribution in [0, 0.1) is 12.3 Å². The van der Waals surface area contributed by atoms with Crippen LogP contribution in [0.15, 0.2) is 0 Å². The van der Waals surface area contributed by atoms with E-state index in [1.807, 2.05) is 27.9 Å². The molecular formula is C9H17NO. The van der Waals surface area contributed by atoms with Gasteiger partial charge in [0.2, 0.25) is 0 Å². The molecule has 0 radical (unpaired) electrons. The van der Waals surface area contributed by atoms with E-state index in [4.69, 9.17) is 11.2 Å². The zero-order chi connectivity index (χ0) is 8.91. The molecule has 0 aliphatic carbocycles. The van der Waals surface area contributed by atoms with Gasteiger partial charge in [0.15, 0.2) is 0 Å². The lowest BCUT2D eigenvalue weighted by Gasteiger charge is -2.19. The number of hydrogen-bond donors (Lipinski definition) is 0. The highest BCUT2D eigenvalue weighted by atomic mass is 16.5. The van der Waals surface area contributed by atoms with E-state index in [1.165, 1.54) is 0 Å².